The van der Waals surface area contributed by atoms with Gasteiger partial charge >= 0.3 is 0 Å². The van der Waals surface area contributed by atoms with Crippen LogP contribution in [-0.4, -0.2) is 15.0 Å². The summed E-state index contributed by atoms with van der Waals surface area (Å²) < 4.78 is 0. The molecule has 3 heteroatoms. The standard InChI is InChI=1S/C15H11N3/c1-8-10-3-5-12-15-13(17-7-16-12)6-4-11(14(10)15)9(2)18-8/h3-7H,1-2H3. The van der Waals surface area contributed by atoms with Crippen LogP contribution < -0.4 is 0 Å². The number of hydrogen-bond acceptors (Lipinski definition) is 3. The molecule has 2 aromatic heterocycles. The van der Waals surface area contributed by atoms with Crippen molar-refractivity contribution in [2.24, 2.45) is 0 Å². The molecule has 0 saturated heterocycles. The van der Waals surface area contributed by atoms with E-state index in [0.717, 1.165) is 27.8 Å². The van der Waals surface area contributed by atoms with E-state index in [-0.39, 0.29) is 0 Å². The third-order valence-corrected chi connectivity index (χ3v) is 3.63. The van der Waals surface area contributed by atoms with Crippen molar-refractivity contribution in [3.8, 4) is 0 Å². The van der Waals surface area contributed by atoms with Gasteiger partial charge in [-0.3, -0.25) is 4.98 Å². The van der Waals surface area contributed by atoms with Crippen molar-refractivity contribution >= 4 is 32.6 Å². The second-order valence-electron chi connectivity index (χ2n) is 4.67. The lowest BCUT2D eigenvalue weighted by Crippen LogP contribution is -1.94. The zero-order chi connectivity index (χ0) is 12.3. The Bertz CT molecular complexity index is 829. The average Bonchev–Trinajstić information content (AvgIpc) is 2.38. The molecule has 0 saturated carbocycles. The molecule has 2 heterocycles. The van der Waals surface area contributed by atoms with Gasteiger partial charge in [-0.05, 0) is 26.0 Å². The first-order valence-electron chi connectivity index (χ1n) is 5.98. The summed E-state index contributed by atoms with van der Waals surface area (Å²) in [6, 6.07) is 8.32. The maximum Gasteiger partial charge on any atom is 0.116 e. The lowest BCUT2D eigenvalue weighted by molar-refractivity contribution is 1.17. The second-order valence-corrected chi connectivity index (χ2v) is 4.67. The van der Waals surface area contributed by atoms with Gasteiger partial charge < -0.3 is 0 Å². The molecular weight excluding hydrogens is 222 g/mol. The maximum atomic E-state index is 4.62. The largest absolute Gasteiger partial charge is 0.257 e. The first-order valence-corrected chi connectivity index (χ1v) is 5.98. The number of nitrogens with zero attached hydrogens (tertiary/aromatic N) is 3. The van der Waals surface area contributed by atoms with Crippen LogP contribution in [0.5, 0.6) is 0 Å². The van der Waals surface area contributed by atoms with Gasteiger partial charge in [0.2, 0.25) is 0 Å². The third-order valence-electron chi connectivity index (χ3n) is 3.63. The fraction of sp³-hybridized carbons (Fsp3) is 0.133. The zero-order valence-electron chi connectivity index (χ0n) is 10.2. The molecule has 4 rings (SSSR count). The summed E-state index contributed by atoms with van der Waals surface area (Å²) in [6.45, 7) is 4.11. The Hall–Kier alpha value is -2.29. The lowest BCUT2D eigenvalue weighted by Gasteiger charge is -2.12. The van der Waals surface area contributed by atoms with E-state index >= 15 is 0 Å². The molecule has 0 unspecified atom stereocenters. The minimum Gasteiger partial charge on any atom is -0.257 e. The van der Waals surface area contributed by atoms with Crippen LogP contribution in [0.25, 0.3) is 32.6 Å². The van der Waals surface area contributed by atoms with Gasteiger partial charge in [-0.1, -0.05) is 12.1 Å². The quantitative estimate of drug-likeness (QED) is 0.437. The van der Waals surface area contributed by atoms with E-state index in [9.17, 15) is 0 Å². The number of rotatable bonds is 0. The van der Waals surface area contributed by atoms with E-state index < -0.39 is 0 Å². The molecule has 0 radical (unpaired) electrons. The number of benzene rings is 2. The van der Waals surface area contributed by atoms with Crippen LogP contribution in [0.15, 0.2) is 30.6 Å². The predicted octanol–water partition coefficient (Wildman–Crippen LogP) is 3.39. The number of aromatic nitrogens is 3. The molecule has 0 bridgehead atoms. The monoisotopic (exact) mass is 233 g/mol. The molecule has 2 aromatic carbocycles. The fourth-order valence-electron chi connectivity index (χ4n) is 2.80. The fourth-order valence-corrected chi connectivity index (χ4v) is 2.80. The Kier molecular flexibility index (Phi) is 1.69. The van der Waals surface area contributed by atoms with Gasteiger partial charge in [0.05, 0.1) is 11.0 Å². The Morgan fingerprint density at radius 2 is 1.28 bits per heavy atom. The van der Waals surface area contributed by atoms with E-state index in [1.807, 2.05) is 0 Å². The number of pyridine rings is 1. The molecule has 0 fully saturated rings. The van der Waals surface area contributed by atoms with Crippen LogP contribution in [0.4, 0.5) is 0 Å². The highest BCUT2D eigenvalue weighted by atomic mass is 14.8. The minimum atomic E-state index is 1.00. The van der Waals surface area contributed by atoms with Crippen LogP contribution in [0, 0.1) is 13.8 Å². The Morgan fingerprint density at radius 3 is 1.83 bits per heavy atom. The first-order chi connectivity index (χ1) is 8.75. The molecule has 0 aliphatic carbocycles. The lowest BCUT2D eigenvalue weighted by atomic mass is 9.97. The Labute approximate surface area is 104 Å². The SMILES string of the molecule is Cc1nc(C)c2ccc3ncnc4ccc1c2c43. The summed E-state index contributed by atoms with van der Waals surface area (Å²) in [4.78, 5) is 13.3. The molecular formula is C15H11N3. The topological polar surface area (TPSA) is 38.7 Å². The van der Waals surface area contributed by atoms with E-state index in [2.05, 4.69) is 53.1 Å². The first kappa shape index (κ1) is 9.71. The summed E-state index contributed by atoms with van der Waals surface area (Å²) in [5, 5.41) is 4.80. The smallest absolute Gasteiger partial charge is 0.116 e. The molecule has 0 aliphatic rings. The van der Waals surface area contributed by atoms with Crippen molar-refractivity contribution in [3.05, 3.63) is 42.0 Å². The summed E-state index contributed by atoms with van der Waals surface area (Å²) in [5.41, 5.74) is 4.14. The van der Waals surface area contributed by atoms with Gasteiger partial charge in [-0.15, -0.1) is 0 Å². The molecule has 0 aliphatic heterocycles. The maximum absolute atomic E-state index is 4.62. The van der Waals surface area contributed by atoms with E-state index in [4.69, 9.17) is 0 Å². The molecule has 18 heavy (non-hydrogen) atoms. The average molecular weight is 233 g/mol. The molecule has 0 N–H and O–H groups in total. The van der Waals surface area contributed by atoms with E-state index in [1.165, 1.54) is 16.2 Å². The number of aryl methyl sites for hydroxylation is 2. The summed E-state index contributed by atoms with van der Waals surface area (Å²) in [6.07, 6.45) is 1.62. The Balaban J connectivity index is 2.48. The highest BCUT2D eigenvalue weighted by Gasteiger charge is 2.12. The molecule has 86 valence electrons. The summed E-state index contributed by atoms with van der Waals surface area (Å²) in [5.74, 6) is 0. The minimum absolute atomic E-state index is 1.00. The van der Waals surface area contributed by atoms with Gasteiger partial charge in [0.25, 0.3) is 0 Å². The van der Waals surface area contributed by atoms with Crippen molar-refractivity contribution in [2.75, 3.05) is 0 Å². The van der Waals surface area contributed by atoms with Crippen molar-refractivity contribution in [2.45, 2.75) is 13.8 Å². The number of hydrogen-bond donors (Lipinski definition) is 0. The van der Waals surface area contributed by atoms with Crippen LogP contribution in [0.3, 0.4) is 0 Å². The van der Waals surface area contributed by atoms with Crippen LogP contribution in [-0.2, 0) is 0 Å². The van der Waals surface area contributed by atoms with E-state index in [1.54, 1.807) is 6.33 Å². The molecule has 3 nitrogen and oxygen atoms in total. The molecule has 0 spiro atoms. The molecule has 0 atom stereocenters. The second kappa shape index (κ2) is 3.13. The normalized spacial score (nSPS) is 11.9. The molecule has 4 aromatic rings. The van der Waals surface area contributed by atoms with Gasteiger partial charge in [-0.2, -0.15) is 0 Å². The van der Waals surface area contributed by atoms with Crippen molar-refractivity contribution < 1.29 is 0 Å². The highest BCUT2D eigenvalue weighted by Crippen LogP contribution is 2.34. The Morgan fingerprint density at radius 1 is 0.722 bits per heavy atom. The predicted molar refractivity (Wildman–Crippen MR) is 73.0 cm³/mol. The van der Waals surface area contributed by atoms with Gasteiger partial charge in [0.15, 0.2) is 0 Å². The summed E-state index contributed by atoms with van der Waals surface area (Å²) in [7, 11) is 0. The molecule has 0 amide bonds. The van der Waals surface area contributed by atoms with Crippen LogP contribution >= 0.6 is 0 Å². The summed E-state index contributed by atoms with van der Waals surface area (Å²) >= 11 is 0. The van der Waals surface area contributed by atoms with Gasteiger partial charge in [0.1, 0.15) is 6.33 Å². The van der Waals surface area contributed by atoms with Gasteiger partial charge in [0, 0.05) is 32.9 Å². The highest BCUT2D eigenvalue weighted by molar-refractivity contribution is 6.21. The third kappa shape index (κ3) is 1.06. The van der Waals surface area contributed by atoms with Gasteiger partial charge in [-0.25, -0.2) is 9.97 Å². The van der Waals surface area contributed by atoms with Crippen molar-refractivity contribution in [1.29, 1.82) is 0 Å². The zero-order valence-corrected chi connectivity index (χ0v) is 10.2. The van der Waals surface area contributed by atoms with Crippen molar-refractivity contribution in [3.63, 3.8) is 0 Å². The van der Waals surface area contributed by atoms with Crippen molar-refractivity contribution in [1.82, 2.24) is 15.0 Å². The van der Waals surface area contributed by atoms with Crippen LogP contribution in [0.1, 0.15) is 11.4 Å². The van der Waals surface area contributed by atoms with Crippen LogP contribution in [0.2, 0.25) is 0 Å². The van der Waals surface area contributed by atoms with E-state index in [0.29, 0.717) is 0 Å².